The molecule has 0 aliphatic heterocycles. The van der Waals surface area contributed by atoms with E-state index in [1.807, 2.05) is 24.3 Å². The van der Waals surface area contributed by atoms with Crippen LogP contribution in [0.1, 0.15) is 5.56 Å². The van der Waals surface area contributed by atoms with Crippen molar-refractivity contribution in [2.24, 2.45) is 0 Å². The Morgan fingerprint density at radius 2 is 1.65 bits per heavy atom. The maximum atomic E-state index is 12.5. The van der Waals surface area contributed by atoms with Gasteiger partial charge in [0.2, 0.25) is 15.9 Å². The third-order valence-corrected chi connectivity index (χ3v) is 5.19. The minimum Gasteiger partial charge on any atom is -0.497 e. The third kappa shape index (κ3) is 5.37. The van der Waals surface area contributed by atoms with Gasteiger partial charge in [0.1, 0.15) is 12.3 Å². The summed E-state index contributed by atoms with van der Waals surface area (Å²) >= 11 is 5.85. The molecule has 2 aromatic rings. The van der Waals surface area contributed by atoms with Crippen LogP contribution in [0.4, 0.5) is 5.69 Å². The van der Waals surface area contributed by atoms with Gasteiger partial charge in [0.25, 0.3) is 0 Å². The molecule has 26 heavy (non-hydrogen) atoms. The minimum atomic E-state index is -3.62. The van der Waals surface area contributed by atoms with Gasteiger partial charge < -0.3 is 9.64 Å². The smallest absolute Gasteiger partial charge is 0.243 e. The van der Waals surface area contributed by atoms with Crippen molar-refractivity contribution in [3.63, 3.8) is 0 Å². The Kier molecular flexibility index (Phi) is 6.50. The molecule has 0 atom stereocenters. The van der Waals surface area contributed by atoms with Crippen molar-refractivity contribution in [2.75, 3.05) is 31.3 Å². The van der Waals surface area contributed by atoms with E-state index in [2.05, 4.69) is 0 Å². The quantitative estimate of drug-likeness (QED) is 0.721. The van der Waals surface area contributed by atoms with Crippen LogP contribution in [-0.2, 0) is 21.4 Å². The summed E-state index contributed by atoms with van der Waals surface area (Å²) in [6.45, 7) is 0.0775. The topological polar surface area (TPSA) is 66.9 Å². The van der Waals surface area contributed by atoms with Crippen molar-refractivity contribution in [2.45, 2.75) is 6.54 Å². The second kappa shape index (κ2) is 8.42. The van der Waals surface area contributed by atoms with E-state index in [0.29, 0.717) is 17.3 Å². The number of amides is 1. The number of anilines is 1. The SMILES string of the molecule is COc1ccc(CN(C)C(=O)CN(c2ccc(Cl)cc2)S(C)(=O)=O)cc1. The lowest BCUT2D eigenvalue weighted by Gasteiger charge is -2.25. The Labute approximate surface area is 159 Å². The summed E-state index contributed by atoms with van der Waals surface area (Å²) in [4.78, 5) is 14.0. The zero-order chi connectivity index (χ0) is 19.3. The molecule has 0 bridgehead atoms. The van der Waals surface area contributed by atoms with Gasteiger partial charge in [-0.3, -0.25) is 9.10 Å². The Morgan fingerprint density at radius 1 is 1.08 bits per heavy atom. The van der Waals surface area contributed by atoms with E-state index in [1.54, 1.807) is 38.4 Å². The number of hydrogen-bond acceptors (Lipinski definition) is 4. The van der Waals surface area contributed by atoms with Gasteiger partial charge in [-0.05, 0) is 42.0 Å². The number of carbonyl (C=O) groups excluding carboxylic acids is 1. The molecule has 2 aromatic carbocycles. The summed E-state index contributed by atoms with van der Waals surface area (Å²) in [5.74, 6) is 0.412. The lowest BCUT2D eigenvalue weighted by molar-refractivity contribution is -0.128. The van der Waals surface area contributed by atoms with Crippen molar-refractivity contribution in [1.82, 2.24) is 4.90 Å². The van der Waals surface area contributed by atoms with E-state index in [4.69, 9.17) is 16.3 Å². The highest BCUT2D eigenvalue weighted by atomic mass is 35.5. The Hall–Kier alpha value is -2.25. The molecule has 0 aromatic heterocycles. The van der Waals surface area contributed by atoms with E-state index >= 15 is 0 Å². The predicted molar refractivity (Wildman–Crippen MR) is 103 cm³/mol. The number of hydrogen-bond donors (Lipinski definition) is 0. The predicted octanol–water partition coefficient (Wildman–Crippen LogP) is 2.77. The number of halogens is 1. The average Bonchev–Trinajstić information content (AvgIpc) is 2.60. The van der Waals surface area contributed by atoms with Crippen molar-refractivity contribution >= 4 is 33.2 Å². The molecule has 0 aliphatic rings. The average molecular weight is 397 g/mol. The van der Waals surface area contributed by atoms with E-state index in [9.17, 15) is 13.2 Å². The first-order valence-corrected chi connectivity index (χ1v) is 10.0. The summed E-state index contributed by atoms with van der Waals surface area (Å²) in [5, 5.41) is 0.491. The molecule has 2 rings (SSSR count). The summed E-state index contributed by atoms with van der Waals surface area (Å²) in [7, 11) is -0.397. The first-order chi connectivity index (χ1) is 12.2. The van der Waals surface area contributed by atoms with E-state index < -0.39 is 10.0 Å². The lowest BCUT2D eigenvalue weighted by atomic mass is 10.2. The molecule has 140 valence electrons. The van der Waals surface area contributed by atoms with Crippen LogP contribution in [0.5, 0.6) is 5.75 Å². The first kappa shape index (κ1) is 20.1. The summed E-state index contributed by atoms with van der Waals surface area (Å²) in [6.07, 6.45) is 1.07. The number of rotatable bonds is 7. The Bertz CT molecular complexity index is 852. The van der Waals surface area contributed by atoms with Crippen LogP contribution in [0, 0.1) is 0 Å². The van der Waals surface area contributed by atoms with Crippen molar-refractivity contribution in [3.05, 3.63) is 59.1 Å². The van der Waals surface area contributed by atoms with Crippen LogP contribution in [0.3, 0.4) is 0 Å². The van der Waals surface area contributed by atoms with E-state index in [0.717, 1.165) is 21.9 Å². The van der Waals surface area contributed by atoms with Crippen LogP contribution in [-0.4, -0.2) is 46.2 Å². The number of benzene rings is 2. The van der Waals surface area contributed by atoms with Crippen molar-refractivity contribution < 1.29 is 17.9 Å². The molecular weight excluding hydrogens is 376 g/mol. The van der Waals surface area contributed by atoms with Crippen LogP contribution < -0.4 is 9.04 Å². The molecular formula is C18H21ClN2O4S. The molecule has 0 aliphatic carbocycles. The van der Waals surface area contributed by atoms with Gasteiger partial charge in [-0.25, -0.2) is 8.42 Å². The van der Waals surface area contributed by atoms with Gasteiger partial charge in [0.15, 0.2) is 0 Å². The molecule has 0 saturated heterocycles. The second-order valence-electron chi connectivity index (χ2n) is 5.84. The third-order valence-electron chi connectivity index (χ3n) is 3.80. The maximum absolute atomic E-state index is 12.5. The molecule has 1 amide bonds. The second-order valence-corrected chi connectivity index (χ2v) is 8.19. The number of methoxy groups -OCH3 is 1. The van der Waals surface area contributed by atoms with Crippen LogP contribution >= 0.6 is 11.6 Å². The Balaban J connectivity index is 2.11. The minimum absolute atomic E-state index is 0.285. The fraction of sp³-hybridized carbons (Fsp3) is 0.278. The van der Waals surface area contributed by atoms with Crippen LogP contribution in [0.15, 0.2) is 48.5 Å². The van der Waals surface area contributed by atoms with Gasteiger partial charge in [-0.1, -0.05) is 23.7 Å². The fourth-order valence-electron chi connectivity index (χ4n) is 2.34. The van der Waals surface area contributed by atoms with Crippen molar-refractivity contribution in [1.29, 1.82) is 0 Å². The Morgan fingerprint density at radius 3 is 2.15 bits per heavy atom. The lowest BCUT2D eigenvalue weighted by Crippen LogP contribution is -2.41. The molecule has 8 heteroatoms. The first-order valence-electron chi connectivity index (χ1n) is 7.81. The van der Waals surface area contributed by atoms with Crippen LogP contribution in [0.2, 0.25) is 5.02 Å². The number of likely N-dealkylation sites (N-methyl/N-ethyl adjacent to an activating group) is 1. The van der Waals surface area contributed by atoms with Crippen LogP contribution in [0.25, 0.3) is 0 Å². The standard InChI is InChI=1S/C18H21ClN2O4S/c1-20(12-14-4-10-17(25-2)11-5-14)18(22)13-21(26(3,23)24)16-8-6-15(19)7-9-16/h4-11H,12-13H2,1-3H3. The fourth-order valence-corrected chi connectivity index (χ4v) is 3.32. The molecule has 0 heterocycles. The molecule has 0 saturated carbocycles. The highest BCUT2D eigenvalue weighted by molar-refractivity contribution is 7.92. The number of ether oxygens (including phenoxy) is 1. The van der Waals surface area contributed by atoms with Gasteiger partial charge in [-0.2, -0.15) is 0 Å². The van der Waals surface area contributed by atoms with Crippen molar-refractivity contribution in [3.8, 4) is 5.75 Å². The van der Waals surface area contributed by atoms with Gasteiger partial charge in [-0.15, -0.1) is 0 Å². The largest absolute Gasteiger partial charge is 0.497 e. The number of nitrogens with zero attached hydrogens (tertiary/aromatic N) is 2. The van der Waals surface area contributed by atoms with Gasteiger partial charge >= 0.3 is 0 Å². The molecule has 0 radical (unpaired) electrons. The molecule has 0 unspecified atom stereocenters. The normalized spacial score (nSPS) is 11.1. The summed E-state index contributed by atoms with van der Waals surface area (Å²) in [6, 6.07) is 13.6. The van der Waals surface area contributed by atoms with Gasteiger partial charge in [0, 0.05) is 18.6 Å². The zero-order valence-corrected chi connectivity index (χ0v) is 16.4. The molecule has 0 N–H and O–H groups in total. The van der Waals surface area contributed by atoms with E-state index in [1.165, 1.54) is 4.90 Å². The van der Waals surface area contributed by atoms with E-state index in [-0.39, 0.29) is 12.5 Å². The molecule has 6 nitrogen and oxygen atoms in total. The monoisotopic (exact) mass is 396 g/mol. The number of carbonyl (C=O) groups is 1. The van der Waals surface area contributed by atoms with Gasteiger partial charge in [0.05, 0.1) is 19.1 Å². The highest BCUT2D eigenvalue weighted by Gasteiger charge is 2.22. The highest BCUT2D eigenvalue weighted by Crippen LogP contribution is 2.21. The summed E-state index contributed by atoms with van der Waals surface area (Å²) in [5.41, 5.74) is 1.31. The maximum Gasteiger partial charge on any atom is 0.243 e. The summed E-state index contributed by atoms with van der Waals surface area (Å²) < 4.78 is 30.4. The molecule has 0 spiro atoms. The zero-order valence-electron chi connectivity index (χ0n) is 14.8. The molecule has 0 fully saturated rings. The number of sulfonamides is 1.